The molecule has 0 fully saturated rings. The monoisotopic (exact) mass is 272 g/mol. The summed E-state index contributed by atoms with van der Waals surface area (Å²) >= 11 is 0. The molecule has 0 spiro atoms. The predicted molar refractivity (Wildman–Crippen MR) is 75.2 cm³/mol. The normalized spacial score (nSPS) is 10.6. The van der Waals surface area contributed by atoms with E-state index in [0.717, 1.165) is 16.3 Å². The average Bonchev–Trinajstić information content (AvgIpc) is 2.51. The van der Waals surface area contributed by atoms with Gasteiger partial charge in [-0.05, 0) is 22.8 Å². The van der Waals surface area contributed by atoms with Crippen LogP contribution in [0.5, 0.6) is 0 Å². The fraction of sp³-hybridized carbons (Fsp3) is 0.250. The molecule has 0 radical (unpaired) electrons. The molecule has 2 rings (SSSR count). The molecule has 0 aliphatic heterocycles. The van der Waals surface area contributed by atoms with Crippen molar-refractivity contribution in [2.45, 2.75) is 6.42 Å². The fourth-order valence-corrected chi connectivity index (χ4v) is 2.15. The Bertz CT molecular complexity index is 617. The van der Waals surface area contributed by atoms with Gasteiger partial charge in [0.15, 0.2) is 5.92 Å². The molecule has 0 saturated carbocycles. The van der Waals surface area contributed by atoms with E-state index in [2.05, 4.69) is 9.47 Å². The molecule has 2 aromatic carbocycles. The zero-order chi connectivity index (χ0) is 14.5. The summed E-state index contributed by atoms with van der Waals surface area (Å²) in [6, 6.07) is 13.8. The Labute approximate surface area is 117 Å². The average molecular weight is 272 g/mol. The van der Waals surface area contributed by atoms with Crippen LogP contribution in [-0.4, -0.2) is 26.2 Å². The van der Waals surface area contributed by atoms with Gasteiger partial charge < -0.3 is 9.47 Å². The largest absolute Gasteiger partial charge is 0.468 e. The lowest BCUT2D eigenvalue weighted by atomic mass is 9.97. The van der Waals surface area contributed by atoms with Crippen molar-refractivity contribution in [3.05, 3.63) is 48.0 Å². The van der Waals surface area contributed by atoms with Gasteiger partial charge >= 0.3 is 11.9 Å². The van der Waals surface area contributed by atoms with Crippen LogP contribution in [0.3, 0.4) is 0 Å². The van der Waals surface area contributed by atoms with Gasteiger partial charge in [-0.25, -0.2) is 0 Å². The maximum atomic E-state index is 11.7. The van der Waals surface area contributed by atoms with Crippen LogP contribution in [0.15, 0.2) is 42.5 Å². The van der Waals surface area contributed by atoms with Gasteiger partial charge in [0.05, 0.1) is 14.2 Å². The summed E-state index contributed by atoms with van der Waals surface area (Å²) in [4.78, 5) is 23.3. The minimum Gasteiger partial charge on any atom is -0.468 e. The zero-order valence-corrected chi connectivity index (χ0v) is 11.5. The van der Waals surface area contributed by atoms with Crippen molar-refractivity contribution in [2.75, 3.05) is 14.2 Å². The minimum atomic E-state index is -0.925. The highest BCUT2D eigenvalue weighted by molar-refractivity contribution is 5.95. The van der Waals surface area contributed by atoms with Crippen LogP contribution in [0, 0.1) is 5.92 Å². The molecular weight excluding hydrogens is 256 g/mol. The van der Waals surface area contributed by atoms with Crippen molar-refractivity contribution in [2.24, 2.45) is 5.92 Å². The molecule has 0 heterocycles. The van der Waals surface area contributed by atoms with Crippen molar-refractivity contribution in [3.8, 4) is 0 Å². The lowest BCUT2D eigenvalue weighted by Gasteiger charge is -2.12. The first-order chi connectivity index (χ1) is 9.65. The Balaban J connectivity index is 2.28. The number of benzene rings is 2. The van der Waals surface area contributed by atoms with E-state index >= 15 is 0 Å². The van der Waals surface area contributed by atoms with Gasteiger partial charge in [-0.2, -0.15) is 0 Å². The number of methoxy groups -OCH3 is 2. The van der Waals surface area contributed by atoms with Crippen molar-refractivity contribution in [1.29, 1.82) is 0 Å². The van der Waals surface area contributed by atoms with E-state index in [1.165, 1.54) is 14.2 Å². The smallest absolute Gasteiger partial charge is 0.320 e. The number of esters is 2. The SMILES string of the molecule is COC(=O)C(Cc1ccc2ccccc2c1)C(=O)OC. The van der Waals surface area contributed by atoms with E-state index in [1.807, 2.05) is 42.5 Å². The highest BCUT2D eigenvalue weighted by atomic mass is 16.5. The van der Waals surface area contributed by atoms with Gasteiger partial charge in [0.1, 0.15) is 0 Å². The third-order valence-corrected chi connectivity index (χ3v) is 3.23. The summed E-state index contributed by atoms with van der Waals surface area (Å²) in [6.45, 7) is 0. The van der Waals surface area contributed by atoms with Crippen molar-refractivity contribution >= 4 is 22.7 Å². The number of fused-ring (bicyclic) bond motifs is 1. The Hall–Kier alpha value is -2.36. The van der Waals surface area contributed by atoms with E-state index < -0.39 is 17.9 Å². The molecule has 0 amide bonds. The van der Waals surface area contributed by atoms with Crippen LogP contribution in [0.25, 0.3) is 10.8 Å². The Morgan fingerprint density at radius 2 is 1.55 bits per heavy atom. The molecular formula is C16H16O4. The molecule has 0 bridgehead atoms. The number of hydrogen-bond donors (Lipinski definition) is 0. The molecule has 0 aromatic heterocycles. The Kier molecular flexibility index (Phi) is 4.35. The molecule has 104 valence electrons. The predicted octanol–water partition coefficient (Wildman–Crippen LogP) is 2.34. The molecule has 0 atom stereocenters. The molecule has 0 unspecified atom stereocenters. The van der Waals surface area contributed by atoms with Crippen LogP contribution in [0.4, 0.5) is 0 Å². The summed E-state index contributed by atoms with van der Waals surface area (Å²) < 4.78 is 9.31. The third-order valence-electron chi connectivity index (χ3n) is 3.23. The zero-order valence-electron chi connectivity index (χ0n) is 11.5. The topological polar surface area (TPSA) is 52.6 Å². The summed E-state index contributed by atoms with van der Waals surface area (Å²) in [5.41, 5.74) is 0.893. The van der Waals surface area contributed by atoms with Crippen LogP contribution in [-0.2, 0) is 25.5 Å². The van der Waals surface area contributed by atoms with Gasteiger partial charge in [-0.3, -0.25) is 9.59 Å². The molecule has 4 nitrogen and oxygen atoms in total. The molecule has 0 N–H and O–H groups in total. The van der Waals surface area contributed by atoms with Gasteiger partial charge in [-0.15, -0.1) is 0 Å². The molecule has 0 aliphatic carbocycles. The number of rotatable bonds is 4. The summed E-state index contributed by atoms with van der Waals surface area (Å²) in [6.07, 6.45) is 0.268. The second-order valence-electron chi connectivity index (χ2n) is 4.48. The standard InChI is InChI=1S/C16H16O4/c1-19-15(17)14(16(18)20-2)10-11-7-8-12-5-3-4-6-13(12)9-11/h3-9,14H,10H2,1-2H3. The highest BCUT2D eigenvalue weighted by Crippen LogP contribution is 2.19. The maximum absolute atomic E-state index is 11.7. The number of carbonyl (C=O) groups excluding carboxylic acids is 2. The minimum absolute atomic E-state index is 0.268. The van der Waals surface area contributed by atoms with Crippen molar-refractivity contribution < 1.29 is 19.1 Å². The second kappa shape index (κ2) is 6.19. The summed E-state index contributed by atoms with van der Waals surface area (Å²) in [7, 11) is 2.53. The van der Waals surface area contributed by atoms with E-state index in [4.69, 9.17) is 0 Å². The first kappa shape index (κ1) is 14.1. The molecule has 4 heteroatoms. The van der Waals surface area contributed by atoms with Gasteiger partial charge in [0.2, 0.25) is 0 Å². The third kappa shape index (κ3) is 2.96. The van der Waals surface area contributed by atoms with E-state index in [1.54, 1.807) is 0 Å². The van der Waals surface area contributed by atoms with Crippen LogP contribution < -0.4 is 0 Å². The van der Waals surface area contributed by atoms with Crippen LogP contribution in [0.2, 0.25) is 0 Å². The quantitative estimate of drug-likeness (QED) is 0.633. The summed E-state index contributed by atoms with van der Waals surface area (Å²) in [5, 5.41) is 2.18. The van der Waals surface area contributed by atoms with E-state index in [9.17, 15) is 9.59 Å². The summed E-state index contributed by atoms with van der Waals surface area (Å²) in [5.74, 6) is -2.08. The van der Waals surface area contributed by atoms with E-state index in [-0.39, 0.29) is 6.42 Å². The van der Waals surface area contributed by atoms with Gasteiger partial charge in [-0.1, -0.05) is 42.5 Å². The number of hydrogen-bond acceptors (Lipinski definition) is 4. The van der Waals surface area contributed by atoms with Crippen molar-refractivity contribution in [3.63, 3.8) is 0 Å². The molecule has 2 aromatic rings. The lowest BCUT2D eigenvalue weighted by Crippen LogP contribution is -2.28. The van der Waals surface area contributed by atoms with Crippen LogP contribution >= 0.6 is 0 Å². The molecule has 20 heavy (non-hydrogen) atoms. The molecule has 0 saturated heterocycles. The van der Waals surface area contributed by atoms with Crippen molar-refractivity contribution in [1.82, 2.24) is 0 Å². The number of ether oxygens (including phenoxy) is 2. The highest BCUT2D eigenvalue weighted by Gasteiger charge is 2.28. The molecule has 0 aliphatic rings. The fourth-order valence-electron chi connectivity index (χ4n) is 2.15. The maximum Gasteiger partial charge on any atom is 0.320 e. The van der Waals surface area contributed by atoms with E-state index in [0.29, 0.717) is 0 Å². The lowest BCUT2D eigenvalue weighted by molar-refractivity contribution is -0.158. The Morgan fingerprint density at radius 1 is 0.950 bits per heavy atom. The Morgan fingerprint density at radius 3 is 2.15 bits per heavy atom. The first-order valence-corrected chi connectivity index (χ1v) is 6.29. The van der Waals surface area contributed by atoms with Crippen LogP contribution in [0.1, 0.15) is 5.56 Å². The second-order valence-corrected chi connectivity index (χ2v) is 4.48. The van der Waals surface area contributed by atoms with Gasteiger partial charge in [0.25, 0.3) is 0 Å². The first-order valence-electron chi connectivity index (χ1n) is 6.29. The number of carbonyl (C=O) groups is 2. The van der Waals surface area contributed by atoms with Gasteiger partial charge in [0, 0.05) is 0 Å².